The van der Waals surface area contributed by atoms with Gasteiger partial charge in [0.15, 0.2) is 20.4 Å². The van der Waals surface area contributed by atoms with Crippen molar-refractivity contribution in [1.82, 2.24) is 31.0 Å². The van der Waals surface area contributed by atoms with Crippen LogP contribution < -0.4 is 15.5 Å². The van der Waals surface area contributed by atoms with Crippen molar-refractivity contribution in [3.8, 4) is 5.75 Å². The number of aromatic nitrogens is 4. The van der Waals surface area contributed by atoms with Crippen LogP contribution in [0.5, 0.6) is 5.75 Å². The van der Waals surface area contributed by atoms with Crippen LogP contribution in [0.4, 0.5) is 0 Å². The third-order valence-corrected chi connectivity index (χ3v) is 8.65. The lowest BCUT2D eigenvalue weighted by Gasteiger charge is -2.34. The van der Waals surface area contributed by atoms with E-state index in [0.717, 1.165) is 5.56 Å². The van der Waals surface area contributed by atoms with Crippen molar-refractivity contribution < 1.29 is 32.7 Å². The normalized spacial score (nSPS) is 14.2. The van der Waals surface area contributed by atoms with Crippen LogP contribution >= 0.6 is 0 Å². The second-order valence-electron chi connectivity index (χ2n) is 8.62. The molecule has 40 heavy (non-hydrogen) atoms. The van der Waals surface area contributed by atoms with Gasteiger partial charge in [-0.1, -0.05) is 45.2 Å². The van der Waals surface area contributed by atoms with Crippen molar-refractivity contribution in [2.45, 2.75) is 50.3 Å². The van der Waals surface area contributed by atoms with Crippen LogP contribution in [0.1, 0.15) is 39.1 Å². The van der Waals surface area contributed by atoms with Crippen molar-refractivity contribution >= 4 is 21.7 Å². The Balaban J connectivity index is 0.00000280. The van der Waals surface area contributed by atoms with Crippen LogP contribution in [0.3, 0.4) is 0 Å². The topological polar surface area (TPSA) is 175 Å². The van der Waals surface area contributed by atoms with Crippen molar-refractivity contribution in [2.24, 2.45) is 0 Å². The summed E-state index contributed by atoms with van der Waals surface area (Å²) in [7, 11) is -4.12. The molecule has 0 aliphatic carbocycles. The number of benzene rings is 2. The maximum Gasteiger partial charge on any atom is 0.265 e. The van der Waals surface area contributed by atoms with Gasteiger partial charge in [-0.25, -0.2) is 13.9 Å². The Morgan fingerprint density at radius 2 is 1.73 bits per heavy atom. The Morgan fingerprint density at radius 1 is 1.05 bits per heavy atom. The number of sulfone groups is 1. The standard InChI is InChI=1S/C24H28N6O7S.2CH4/c31-22(16-21-26-29-30(27-21)17-18-4-2-1-3-5-18)25-12-15-37-19-6-8-20(9-7-19)38(34,35)24(23(32)28-33)10-13-36-14-11-24;;/h1-9,33H,10-17H2,(H,25,31)(H,28,32);2*1H4. The number of ether oxygens (including phenoxy) is 2. The molecule has 218 valence electrons. The molecule has 2 aromatic carbocycles. The van der Waals surface area contributed by atoms with E-state index in [0.29, 0.717) is 18.1 Å². The lowest BCUT2D eigenvalue weighted by Crippen LogP contribution is -2.54. The number of hydrogen-bond acceptors (Lipinski definition) is 10. The van der Waals surface area contributed by atoms with Gasteiger partial charge in [0.1, 0.15) is 12.4 Å². The first-order valence-electron chi connectivity index (χ1n) is 11.9. The monoisotopic (exact) mass is 576 g/mol. The number of hydrogen-bond donors (Lipinski definition) is 3. The average molecular weight is 577 g/mol. The van der Waals surface area contributed by atoms with Crippen LogP contribution in [0, 0.1) is 0 Å². The minimum atomic E-state index is -4.12. The molecule has 2 amide bonds. The largest absolute Gasteiger partial charge is 0.492 e. The third kappa shape index (κ3) is 7.40. The Bertz CT molecular complexity index is 1340. The van der Waals surface area contributed by atoms with Gasteiger partial charge >= 0.3 is 0 Å². The van der Waals surface area contributed by atoms with Crippen LogP contribution in [0.25, 0.3) is 0 Å². The third-order valence-electron chi connectivity index (χ3n) is 6.14. The number of hydroxylamine groups is 1. The summed E-state index contributed by atoms with van der Waals surface area (Å²) in [4.78, 5) is 25.9. The van der Waals surface area contributed by atoms with E-state index in [4.69, 9.17) is 14.7 Å². The van der Waals surface area contributed by atoms with Crippen LogP contribution in [0.2, 0.25) is 0 Å². The van der Waals surface area contributed by atoms with E-state index in [-0.39, 0.29) is 71.3 Å². The van der Waals surface area contributed by atoms with Gasteiger partial charge in [0, 0.05) is 13.2 Å². The summed E-state index contributed by atoms with van der Waals surface area (Å²) in [5, 5.41) is 23.9. The van der Waals surface area contributed by atoms with Gasteiger partial charge in [-0.3, -0.25) is 14.8 Å². The fourth-order valence-electron chi connectivity index (χ4n) is 4.09. The van der Waals surface area contributed by atoms with E-state index >= 15 is 0 Å². The van der Waals surface area contributed by atoms with Crippen LogP contribution in [-0.2, 0) is 37.1 Å². The highest BCUT2D eigenvalue weighted by atomic mass is 32.2. The Morgan fingerprint density at radius 3 is 2.38 bits per heavy atom. The second kappa shape index (κ2) is 14.5. The minimum Gasteiger partial charge on any atom is -0.492 e. The second-order valence-corrected chi connectivity index (χ2v) is 10.9. The predicted octanol–water partition coefficient (Wildman–Crippen LogP) is 1.56. The minimum absolute atomic E-state index is 0. The molecule has 3 N–H and O–H groups in total. The molecule has 1 saturated heterocycles. The molecule has 0 spiro atoms. The zero-order chi connectivity index (χ0) is 27.0. The fraction of sp³-hybridized carbons (Fsp3) is 0.423. The Kier molecular flexibility index (Phi) is 11.7. The highest BCUT2D eigenvalue weighted by Crippen LogP contribution is 2.35. The summed E-state index contributed by atoms with van der Waals surface area (Å²) in [6, 6.07) is 15.3. The molecule has 0 radical (unpaired) electrons. The first kappa shape index (κ1) is 32.3. The molecule has 13 nitrogen and oxygen atoms in total. The first-order valence-corrected chi connectivity index (χ1v) is 13.4. The summed E-state index contributed by atoms with van der Waals surface area (Å²) in [5.74, 6) is -0.589. The smallest absolute Gasteiger partial charge is 0.265 e. The summed E-state index contributed by atoms with van der Waals surface area (Å²) in [6.45, 7) is 0.966. The van der Waals surface area contributed by atoms with Crippen molar-refractivity contribution in [1.29, 1.82) is 0 Å². The SMILES string of the molecule is C.C.O=C(Cc1nnn(Cc2ccccc2)n1)NCCOc1ccc(S(=O)(=O)C2(C(=O)NO)CCOCC2)cc1. The number of rotatable bonds is 11. The number of tetrazole rings is 1. The van der Waals surface area contributed by atoms with Crippen LogP contribution in [0.15, 0.2) is 59.5 Å². The maximum atomic E-state index is 13.3. The fourth-order valence-corrected chi connectivity index (χ4v) is 6.03. The van der Waals surface area contributed by atoms with Gasteiger partial charge < -0.3 is 14.8 Å². The number of amides is 2. The zero-order valence-electron chi connectivity index (χ0n) is 20.4. The molecule has 3 aromatic rings. The molecule has 0 unspecified atom stereocenters. The van der Waals surface area contributed by atoms with Gasteiger partial charge in [-0.2, -0.15) is 4.80 Å². The molecule has 0 saturated carbocycles. The molecular formula is C26H36N6O7S. The van der Waals surface area contributed by atoms with Gasteiger partial charge in [-0.05, 0) is 47.9 Å². The number of nitrogens with zero attached hydrogens (tertiary/aromatic N) is 4. The molecule has 1 aliphatic heterocycles. The lowest BCUT2D eigenvalue weighted by molar-refractivity contribution is -0.134. The summed E-state index contributed by atoms with van der Waals surface area (Å²) in [5.41, 5.74) is 2.50. The number of carbonyl (C=O) groups excluding carboxylic acids is 2. The van der Waals surface area contributed by atoms with Crippen LogP contribution in [-0.4, -0.2) is 76.8 Å². The summed E-state index contributed by atoms with van der Waals surface area (Å²) in [6.07, 6.45) is -0.174. The average Bonchev–Trinajstić information content (AvgIpc) is 3.38. The summed E-state index contributed by atoms with van der Waals surface area (Å²) >= 11 is 0. The molecule has 14 heteroatoms. The van der Waals surface area contributed by atoms with Gasteiger partial charge in [-0.15, -0.1) is 10.2 Å². The number of nitrogens with one attached hydrogen (secondary N) is 2. The van der Waals surface area contributed by atoms with Crippen molar-refractivity contribution in [3.63, 3.8) is 0 Å². The van der Waals surface area contributed by atoms with E-state index in [2.05, 4.69) is 20.7 Å². The predicted molar refractivity (Wildman–Crippen MR) is 145 cm³/mol. The highest BCUT2D eigenvalue weighted by Gasteiger charge is 2.52. The first-order chi connectivity index (χ1) is 18.3. The summed E-state index contributed by atoms with van der Waals surface area (Å²) < 4.78 is 35.5. The van der Waals surface area contributed by atoms with Gasteiger partial charge in [0.2, 0.25) is 5.91 Å². The molecule has 1 fully saturated rings. The van der Waals surface area contributed by atoms with Crippen molar-refractivity contribution in [3.05, 3.63) is 66.0 Å². The maximum absolute atomic E-state index is 13.3. The lowest BCUT2D eigenvalue weighted by atomic mass is 9.98. The molecule has 2 heterocycles. The van der Waals surface area contributed by atoms with E-state index in [9.17, 15) is 18.0 Å². The van der Waals surface area contributed by atoms with E-state index in [1.165, 1.54) is 34.5 Å². The van der Waals surface area contributed by atoms with E-state index in [1.54, 1.807) is 0 Å². The number of carbonyl (C=O) groups is 2. The molecule has 0 bridgehead atoms. The Hall–Kier alpha value is -3.88. The molecule has 1 aliphatic rings. The molecular weight excluding hydrogens is 540 g/mol. The molecule has 1 aromatic heterocycles. The molecule has 0 atom stereocenters. The quantitative estimate of drug-likeness (QED) is 0.173. The molecule has 4 rings (SSSR count). The van der Waals surface area contributed by atoms with Gasteiger partial charge in [0.25, 0.3) is 5.91 Å². The highest BCUT2D eigenvalue weighted by molar-refractivity contribution is 7.93. The van der Waals surface area contributed by atoms with Gasteiger partial charge in [0.05, 0.1) is 24.4 Å². The zero-order valence-corrected chi connectivity index (χ0v) is 21.3. The van der Waals surface area contributed by atoms with E-state index in [1.807, 2.05) is 30.3 Å². The Labute approximate surface area is 233 Å². The van der Waals surface area contributed by atoms with E-state index < -0.39 is 20.5 Å². The van der Waals surface area contributed by atoms with Crippen molar-refractivity contribution in [2.75, 3.05) is 26.4 Å².